The Morgan fingerprint density at radius 2 is 1.78 bits per heavy atom. The Bertz CT molecular complexity index is 1040. The molecule has 2 atom stereocenters. The zero-order valence-corrected chi connectivity index (χ0v) is 18.0. The van der Waals surface area contributed by atoms with Gasteiger partial charge < -0.3 is 24.7 Å². The molecule has 2 N–H and O–H groups in total. The number of ether oxygens (including phenoxy) is 2. The Balaban J connectivity index is 1.47. The molecule has 1 aromatic carbocycles. The molecule has 2 amide bonds. The van der Waals surface area contributed by atoms with Crippen molar-refractivity contribution in [3.05, 3.63) is 41.6 Å². The molecule has 3 heterocycles. The topological polar surface area (TPSA) is 105 Å². The number of carbonyl (C=O) groups excluding carboxylic acids is 2. The Labute approximate surface area is 187 Å². The Hall–Kier alpha value is -3.15. The maximum absolute atomic E-state index is 12.5. The van der Waals surface area contributed by atoms with Crippen LogP contribution in [0.4, 0.5) is 0 Å². The molecule has 0 spiro atoms. The number of rotatable bonds is 8. The number of nitrogens with one attached hydrogen (secondary N) is 2. The summed E-state index contributed by atoms with van der Waals surface area (Å²) in [4.78, 5) is 25.0. The average Bonchev–Trinajstić information content (AvgIpc) is 3.57. The summed E-state index contributed by atoms with van der Waals surface area (Å²) in [6.07, 6.45) is 7.37. The predicted octanol–water partition coefficient (Wildman–Crippen LogP) is 2.14. The van der Waals surface area contributed by atoms with E-state index in [1.54, 1.807) is 12.3 Å². The first-order valence-electron chi connectivity index (χ1n) is 11.1. The van der Waals surface area contributed by atoms with Gasteiger partial charge in [0.2, 0.25) is 5.91 Å². The molecule has 1 aromatic heterocycles. The molecule has 32 heavy (non-hydrogen) atoms. The van der Waals surface area contributed by atoms with Crippen LogP contribution in [0.1, 0.15) is 31.2 Å². The Morgan fingerprint density at radius 1 is 1.09 bits per heavy atom. The van der Waals surface area contributed by atoms with Gasteiger partial charge in [-0.1, -0.05) is 18.2 Å². The van der Waals surface area contributed by atoms with Gasteiger partial charge in [-0.2, -0.15) is 5.26 Å². The predicted molar refractivity (Wildman–Crippen MR) is 119 cm³/mol. The molecule has 0 radical (unpaired) electrons. The van der Waals surface area contributed by atoms with Crippen molar-refractivity contribution in [3.8, 4) is 6.07 Å². The van der Waals surface area contributed by atoms with Gasteiger partial charge in [0.1, 0.15) is 18.2 Å². The zero-order chi connectivity index (χ0) is 22.3. The molecule has 0 saturated carbocycles. The van der Waals surface area contributed by atoms with Gasteiger partial charge in [-0.25, -0.2) is 0 Å². The van der Waals surface area contributed by atoms with Crippen LogP contribution >= 0.6 is 0 Å². The van der Waals surface area contributed by atoms with E-state index < -0.39 is 5.91 Å². The number of benzene rings is 1. The van der Waals surface area contributed by atoms with E-state index in [4.69, 9.17) is 9.47 Å². The first kappa shape index (κ1) is 22.1. The molecule has 2 fully saturated rings. The fourth-order valence-corrected chi connectivity index (χ4v) is 4.18. The number of para-hydroxylation sites is 1. The zero-order valence-electron chi connectivity index (χ0n) is 18.0. The number of nitrogens with zero attached hydrogens (tertiary/aromatic N) is 2. The van der Waals surface area contributed by atoms with Crippen LogP contribution < -0.4 is 10.6 Å². The second-order valence-corrected chi connectivity index (χ2v) is 8.18. The normalized spacial score (nSPS) is 20.9. The third-order valence-electron chi connectivity index (χ3n) is 5.86. The van der Waals surface area contributed by atoms with Crippen molar-refractivity contribution < 1.29 is 19.1 Å². The third-order valence-corrected chi connectivity index (χ3v) is 5.86. The molecular formula is C24H28N4O4. The first-order valence-corrected chi connectivity index (χ1v) is 11.1. The highest BCUT2D eigenvalue weighted by Gasteiger charge is 2.19. The summed E-state index contributed by atoms with van der Waals surface area (Å²) in [5.74, 6) is -0.527. The minimum atomic E-state index is -0.422. The number of hydrogen-bond donors (Lipinski definition) is 2. The Morgan fingerprint density at radius 3 is 2.44 bits per heavy atom. The van der Waals surface area contributed by atoms with Gasteiger partial charge in [0.05, 0.1) is 12.2 Å². The van der Waals surface area contributed by atoms with Gasteiger partial charge in [-0.05, 0) is 37.8 Å². The van der Waals surface area contributed by atoms with Gasteiger partial charge in [0.15, 0.2) is 0 Å². The van der Waals surface area contributed by atoms with Crippen molar-refractivity contribution in [1.82, 2.24) is 15.2 Å². The van der Waals surface area contributed by atoms with E-state index >= 15 is 0 Å². The highest BCUT2D eigenvalue weighted by atomic mass is 16.5. The largest absolute Gasteiger partial charge is 0.376 e. The van der Waals surface area contributed by atoms with Crippen LogP contribution in [0.5, 0.6) is 0 Å². The fraction of sp³-hybridized carbons (Fsp3) is 0.458. The summed E-state index contributed by atoms with van der Waals surface area (Å²) < 4.78 is 12.9. The SMILES string of the molecule is N#C/C(=C\c1cn(CC(=O)NC[C@@H]2CCCO2)c2ccccc12)C(=O)NC[C@@H]1CCCO1. The lowest BCUT2D eigenvalue weighted by molar-refractivity contribution is -0.122. The smallest absolute Gasteiger partial charge is 0.262 e. The molecule has 2 aromatic rings. The standard InChI is InChI=1S/C24H28N4O4/c25-12-17(24(30)27-14-20-6-4-10-32-20)11-18-15-28(22-8-2-1-7-21(18)22)16-23(29)26-13-19-5-3-9-31-19/h1-2,7-8,11,15,19-20H,3-6,9-10,13-14,16H2,(H,26,29)(H,27,30)/b17-11+/t19-,20-/m0/s1. The molecule has 0 bridgehead atoms. The van der Waals surface area contributed by atoms with Crippen molar-refractivity contribution in [2.45, 2.75) is 44.4 Å². The van der Waals surface area contributed by atoms with Crippen LogP contribution in [0.25, 0.3) is 17.0 Å². The number of nitriles is 1. The number of hydrogen-bond acceptors (Lipinski definition) is 5. The van der Waals surface area contributed by atoms with Crippen molar-refractivity contribution >= 4 is 28.8 Å². The molecule has 8 nitrogen and oxygen atoms in total. The van der Waals surface area contributed by atoms with E-state index in [1.807, 2.05) is 34.9 Å². The Kier molecular flexibility index (Phi) is 7.20. The lowest BCUT2D eigenvalue weighted by Crippen LogP contribution is -2.34. The third kappa shape index (κ3) is 5.36. The molecule has 2 aliphatic heterocycles. The number of aromatic nitrogens is 1. The van der Waals surface area contributed by atoms with E-state index in [2.05, 4.69) is 10.6 Å². The molecule has 2 aliphatic rings. The van der Waals surface area contributed by atoms with Crippen LogP contribution in [-0.2, 0) is 25.6 Å². The van der Waals surface area contributed by atoms with Gasteiger partial charge in [0.25, 0.3) is 5.91 Å². The second kappa shape index (κ2) is 10.4. The highest BCUT2D eigenvalue weighted by Crippen LogP contribution is 2.24. The summed E-state index contributed by atoms with van der Waals surface area (Å²) in [6.45, 7) is 2.51. The van der Waals surface area contributed by atoms with Crippen LogP contribution in [0.3, 0.4) is 0 Å². The van der Waals surface area contributed by atoms with E-state index in [-0.39, 0.29) is 30.2 Å². The fourth-order valence-electron chi connectivity index (χ4n) is 4.18. The summed E-state index contributed by atoms with van der Waals surface area (Å²) in [5.41, 5.74) is 1.60. The lowest BCUT2D eigenvalue weighted by atomic mass is 10.1. The summed E-state index contributed by atoms with van der Waals surface area (Å²) in [5, 5.41) is 16.1. The van der Waals surface area contributed by atoms with Gasteiger partial charge >= 0.3 is 0 Å². The molecule has 4 rings (SSSR count). The van der Waals surface area contributed by atoms with E-state index in [0.29, 0.717) is 19.7 Å². The maximum atomic E-state index is 12.5. The van der Waals surface area contributed by atoms with Gasteiger partial charge in [-0.3, -0.25) is 9.59 Å². The summed E-state index contributed by atoms with van der Waals surface area (Å²) in [7, 11) is 0. The molecule has 2 saturated heterocycles. The van der Waals surface area contributed by atoms with Crippen LogP contribution in [-0.4, -0.2) is 54.9 Å². The minimum absolute atomic E-state index is 0.00829. The molecule has 0 unspecified atom stereocenters. The quantitative estimate of drug-likeness (QED) is 0.487. The maximum Gasteiger partial charge on any atom is 0.262 e. The first-order chi connectivity index (χ1) is 15.6. The molecular weight excluding hydrogens is 408 g/mol. The second-order valence-electron chi connectivity index (χ2n) is 8.18. The average molecular weight is 437 g/mol. The summed E-state index contributed by atoms with van der Waals surface area (Å²) in [6, 6.07) is 9.63. The van der Waals surface area contributed by atoms with E-state index in [1.165, 1.54) is 0 Å². The molecule has 8 heteroatoms. The van der Waals surface area contributed by atoms with Gasteiger partial charge in [-0.15, -0.1) is 0 Å². The van der Waals surface area contributed by atoms with Crippen LogP contribution in [0.2, 0.25) is 0 Å². The van der Waals surface area contributed by atoms with Crippen molar-refractivity contribution in [2.75, 3.05) is 26.3 Å². The molecule has 168 valence electrons. The number of fused-ring (bicyclic) bond motifs is 1. The summed E-state index contributed by atoms with van der Waals surface area (Å²) >= 11 is 0. The monoisotopic (exact) mass is 436 g/mol. The highest BCUT2D eigenvalue weighted by molar-refractivity contribution is 6.04. The number of amides is 2. The number of carbonyl (C=O) groups is 2. The van der Waals surface area contributed by atoms with E-state index in [9.17, 15) is 14.9 Å². The van der Waals surface area contributed by atoms with E-state index in [0.717, 1.165) is 48.8 Å². The van der Waals surface area contributed by atoms with Crippen molar-refractivity contribution in [2.24, 2.45) is 0 Å². The van der Waals surface area contributed by atoms with Crippen molar-refractivity contribution in [3.63, 3.8) is 0 Å². The molecule has 0 aliphatic carbocycles. The van der Waals surface area contributed by atoms with Crippen LogP contribution in [0, 0.1) is 11.3 Å². The van der Waals surface area contributed by atoms with Gasteiger partial charge in [0, 0.05) is 49.0 Å². The minimum Gasteiger partial charge on any atom is -0.376 e. The van der Waals surface area contributed by atoms with Crippen molar-refractivity contribution in [1.29, 1.82) is 5.26 Å². The van der Waals surface area contributed by atoms with Crippen LogP contribution in [0.15, 0.2) is 36.0 Å². The lowest BCUT2D eigenvalue weighted by Gasteiger charge is -2.11.